The monoisotopic (exact) mass is 328 g/mol. The molecular weight excluding hydrogens is 312 g/mol. The van der Waals surface area contributed by atoms with Gasteiger partial charge in [-0.1, -0.05) is 55.1 Å². The van der Waals surface area contributed by atoms with Crippen LogP contribution in [0.25, 0.3) is 5.70 Å². The lowest BCUT2D eigenvalue weighted by Gasteiger charge is -2.08. The van der Waals surface area contributed by atoms with Crippen molar-refractivity contribution in [3.63, 3.8) is 0 Å². The van der Waals surface area contributed by atoms with Crippen molar-refractivity contribution >= 4 is 32.1 Å². The van der Waals surface area contributed by atoms with Crippen LogP contribution in [0.15, 0.2) is 70.7 Å². The number of allylic oxidation sites excluding steroid dienone is 4. The zero-order valence-electron chi connectivity index (χ0n) is 11.5. The highest BCUT2D eigenvalue weighted by Crippen LogP contribution is 2.17. The summed E-state index contributed by atoms with van der Waals surface area (Å²) in [5, 5.41) is 0. The molecule has 0 amide bonds. The van der Waals surface area contributed by atoms with Crippen LogP contribution in [0, 0.1) is 0 Å². The maximum absolute atomic E-state index is 4.49. The molecule has 1 aliphatic carbocycles. The second-order valence-corrected chi connectivity index (χ2v) is 5.26. The van der Waals surface area contributed by atoms with Crippen LogP contribution in [0.3, 0.4) is 0 Å². The van der Waals surface area contributed by atoms with E-state index < -0.39 is 0 Å². The van der Waals surface area contributed by atoms with Gasteiger partial charge in [0.25, 0.3) is 0 Å². The quantitative estimate of drug-likeness (QED) is 0.416. The van der Waals surface area contributed by atoms with Crippen molar-refractivity contribution in [1.82, 2.24) is 0 Å². The van der Waals surface area contributed by atoms with E-state index in [-0.39, 0.29) is 0 Å². The summed E-state index contributed by atoms with van der Waals surface area (Å²) in [5.74, 6) is 0. The van der Waals surface area contributed by atoms with Crippen molar-refractivity contribution in [1.29, 1.82) is 0 Å². The van der Waals surface area contributed by atoms with Crippen LogP contribution in [-0.2, 0) is 0 Å². The van der Waals surface area contributed by atoms with Crippen molar-refractivity contribution in [2.24, 2.45) is 9.98 Å². The van der Waals surface area contributed by atoms with Crippen molar-refractivity contribution in [2.75, 3.05) is 0 Å². The number of amidine groups is 1. The van der Waals surface area contributed by atoms with E-state index >= 15 is 0 Å². The van der Waals surface area contributed by atoms with E-state index in [0.29, 0.717) is 10.4 Å². The molecule has 0 bridgehead atoms. The summed E-state index contributed by atoms with van der Waals surface area (Å²) < 4.78 is 0.555. The molecule has 2 nitrogen and oxygen atoms in total. The smallest absolute Gasteiger partial charge is 0.197 e. The molecule has 0 unspecified atom stereocenters. The maximum Gasteiger partial charge on any atom is 0.197 e. The minimum atomic E-state index is 0.555. The van der Waals surface area contributed by atoms with E-state index in [1.165, 1.54) is 5.57 Å². The van der Waals surface area contributed by atoms with Crippen molar-refractivity contribution in [3.05, 3.63) is 66.3 Å². The number of aliphatic imine (C=N–C) groups is 2. The van der Waals surface area contributed by atoms with Gasteiger partial charge in [0.15, 0.2) is 4.74 Å². The predicted molar refractivity (Wildman–Crippen MR) is 91.4 cm³/mol. The van der Waals surface area contributed by atoms with Gasteiger partial charge in [0.1, 0.15) is 0 Å². The Balaban J connectivity index is 2.13. The third-order valence-corrected chi connectivity index (χ3v) is 3.43. The topological polar surface area (TPSA) is 24.7 Å². The third-order valence-electron chi connectivity index (χ3n) is 3.07. The van der Waals surface area contributed by atoms with Gasteiger partial charge < -0.3 is 0 Å². The fourth-order valence-electron chi connectivity index (χ4n) is 1.95. The van der Waals surface area contributed by atoms with Crippen LogP contribution in [0.2, 0.25) is 0 Å². The summed E-state index contributed by atoms with van der Waals surface area (Å²) in [6, 6.07) is 9.88. The molecule has 0 N–H and O–H groups in total. The maximum atomic E-state index is 4.49. The minimum absolute atomic E-state index is 0.555. The highest BCUT2D eigenvalue weighted by molar-refractivity contribution is 9.18. The van der Waals surface area contributed by atoms with Crippen LogP contribution in [0.1, 0.15) is 25.3 Å². The molecule has 0 spiro atoms. The largest absolute Gasteiger partial charge is 0.227 e. The van der Waals surface area contributed by atoms with Gasteiger partial charge in [0.05, 0.1) is 5.70 Å². The fourth-order valence-corrected chi connectivity index (χ4v) is 2.43. The molecule has 1 aromatic rings. The van der Waals surface area contributed by atoms with Crippen LogP contribution in [0.5, 0.6) is 0 Å². The van der Waals surface area contributed by atoms with E-state index in [4.69, 9.17) is 0 Å². The summed E-state index contributed by atoms with van der Waals surface area (Å²) in [7, 11) is 0. The van der Waals surface area contributed by atoms with E-state index in [1.807, 2.05) is 37.3 Å². The Kier molecular flexibility index (Phi) is 5.24. The molecule has 0 saturated heterocycles. The molecule has 0 aromatic heterocycles. The Morgan fingerprint density at radius 1 is 1.20 bits per heavy atom. The zero-order valence-corrected chi connectivity index (χ0v) is 13.1. The van der Waals surface area contributed by atoms with Gasteiger partial charge in [0, 0.05) is 5.71 Å². The summed E-state index contributed by atoms with van der Waals surface area (Å²) in [5.41, 5.74) is 3.94. The Morgan fingerprint density at radius 2 is 1.95 bits per heavy atom. The molecular formula is C17H17BrN2. The predicted octanol–water partition coefficient (Wildman–Crippen LogP) is 5.15. The Labute approximate surface area is 128 Å². The molecule has 2 rings (SSSR count). The van der Waals surface area contributed by atoms with Crippen LogP contribution < -0.4 is 0 Å². The number of hydrogen-bond donors (Lipinski definition) is 0. The van der Waals surface area contributed by atoms with Gasteiger partial charge in [-0.3, -0.25) is 0 Å². The normalized spacial score (nSPS) is 16.0. The second kappa shape index (κ2) is 7.15. The summed E-state index contributed by atoms with van der Waals surface area (Å²) >= 11 is 3.40. The number of nitrogens with zero attached hydrogens (tertiary/aromatic N) is 2. The van der Waals surface area contributed by atoms with Gasteiger partial charge in [-0.25, -0.2) is 9.98 Å². The van der Waals surface area contributed by atoms with E-state index in [2.05, 4.69) is 50.7 Å². The molecule has 102 valence electrons. The van der Waals surface area contributed by atoms with E-state index in [9.17, 15) is 0 Å². The lowest BCUT2D eigenvalue weighted by molar-refractivity contribution is 1.00. The molecule has 20 heavy (non-hydrogen) atoms. The Bertz CT molecular complexity index is 607. The van der Waals surface area contributed by atoms with Gasteiger partial charge >= 0.3 is 0 Å². The second-order valence-electron chi connectivity index (χ2n) is 4.55. The summed E-state index contributed by atoms with van der Waals surface area (Å²) in [6.45, 7) is 5.98. The van der Waals surface area contributed by atoms with Gasteiger partial charge in [-0.05, 0) is 46.8 Å². The lowest BCUT2D eigenvalue weighted by atomic mass is 10.0. The highest BCUT2D eigenvalue weighted by atomic mass is 79.9. The lowest BCUT2D eigenvalue weighted by Crippen LogP contribution is -2.01. The molecule has 1 aliphatic rings. The average molecular weight is 329 g/mol. The van der Waals surface area contributed by atoms with Crippen molar-refractivity contribution < 1.29 is 0 Å². The first-order chi connectivity index (χ1) is 9.66. The molecule has 3 heteroatoms. The number of benzene rings is 1. The van der Waals surface area contributed by atoms with Gasteiger partial charge in [-0.15, -0.1) is 0 Å². The van der Waals surface area contributed by atoms with Crippen molar-refractivity contribution in [2.45, 2.75) is 19.8 Å². The molecule has 1 aromatic carbocycles. The molecule has 0 heterocycles. The van der Waals surface area contributed by atoms with E-state index in [0.717, 1.165) is 24.1 Å². The molecule has 0 saturated carbocycles. The van der Waals surface area contributed by atoms with E-state index in [1.54, 1.807) is 0 Å². The average Bonchev–Trinajstić information content (AvgIpc) is 2.49. The standard InChI is InChI=1S/C17H17BrN2/c1-13(15-9-5-3-6-10-15)19-17(18)20-14(2)16-11-7-4-8-12-16/h3-7,9-11H,1,8,12H2,2H3. The first-order valence-electron chi connectivity index (χ1n) is 6.56. The molecule has 0 radical (unpaired) electrons. The SMILES string of the molecule is C=C(N=C(Br)N=C(C)C1=CC=CCC1)c1ccccc1. The first kappa shape index (κ1) is 14.7. The molecule has 0 fully saturated rings. The zero-order chi connectivity index (χ0) is 14.4. The summed E-state index contributed by atoms with van der Waals surface area (Å²) in [4.78, 5) is 8.87. The number of halogens is 1. The fraction of sp³-hybridized carbons (Fsp3) is 0.176. The first-order valence-corrected chi connectivity index (χ1v) is 7.36. The van der Waals surface area contributed by atoms with Gasteiger partial charge in [-0.2, -0.15) is 0 Å². The van der Waals surface area contributed by atoms with Crippen LogP contribution in [-0.4, -0.2) is 10.5 Å². The third kappa shape index (κ3) is 4.14. The minimum Gasteiger partial charge on any atom is -0.227 e. The van der Waals surface area contributed by atoms with Gasteiger partial charge in [0.2, 0.25) is 0 Å². The number of hydrogen-bond acceptors (Lipinski definition) is 1. The number of rotatable bonds is 3. The Hall–Kier alpha value is -1.74. The van der Waals surface area contributed by atoms with Crippen molar-refractivity contribution in [3.8, 4) is 0 Å². The molecule has 0 atom stereocenters. The molecule has 0 aliphatic heterocycles. The van der Waals surface area contributed by atoms with Crippen LogP contribution in [0.4, 0.5) is 0 Å². The Morgan fingerprint density at radius 3 is 2.60 bits per heavy atom. The summed E-state index contributed by atoms with van der Waals surface area (Å²) in [6.07, 6.45) is 8.45. The van der Waals surface area contributed by atoms with Crippen LogP contribution >= 0.6 is 15.9 Å². The highest BCUT2D eigenvalue weighted by Gasteiger charge is 2.04.